The van der Waals surface area contributed by atoms with Crippen molar-refractivity contribution in [2.24, 2.45) is 0 Å². The number of rotatable bonds is 5. The predicted molar refractivity (Wildman–Crippen MR) is 141 cm³/mol. The first-order valence-corrected chi connectivity index (χ1v) is 11.8. The molecule has 0 radical (unpaired) electrons. The Morgan fingerprint density at radius 3 is 1.71 bits per heavy atom. The van der Waals surface area contributed by atoms with Crippen molar-refractivity contribution >= 4 is 52.1 Å². The second-order valence-electron chi connectivity index (χ2n) is 7.95. The first-order valence-electron chi connectivity index (χ1n) is 10.6. The largest absolute Gasteiger partial charge is 0.351 e. The van der Waals surface area contributed by atoms with Crippen LogP contribution in [-0.4, -0.2) is 5.91 Å². The van der Waals surface area contributed by atoms with Gasteiger partial charge in [-0.05, 0) is 77.9 Å². The van der Waals surface area contributed by atoms with E-state index in [1.165, 1.54) is 0 Å². The maximum Gasteiger partial charge on any atom is 0.275 e. The second-order valence-corrected chi connectivity index (χ2v) is 9.26. The summed E-state index contributed by atoms with van der Waals surface area (Å²) in [4.78, 5) is 15.8. The van der Waals surface area contributed by atoms with E-state index in [0.717, 1.165) is 22.5 Å². The van der Waals surface area contributed by atoms with Gasteiger partial charge in [0, 0.05) is 26.4 Å². The molecule has 0 saturated heterocycles. The van der Waals surface area contributed by atoms with E-state index in [1.54, 1.807) is 29.2 Å². The fourth-order valence-corrected chi connectivity index (χ4v) is 4.67. The van der Waals surface area contributed by atoms with Crippen LogP contribution in [0.1, 0.15) is 11.1 Å². The number of halogens is 3. The average molecular weight is 506 g/mol. The number of hydrogen-bond acceptors (Lipinski definition) is 2. The van der Waals surface area contributed by atoms with Gasteiger partial charge in [0.15, 0.2) is 0 Å². The molecular weight excluding hydrogens is 487 g/mol. The van der Waals surface area contributed by atoms with Crippen molar-refractivity contribution in [2.45, 2.75) is 5.54 Å². The summed E-state index contributed by atoms with van der Waals surface area (Å²) < 4.78 is 0. The Bertz CT molecular complexity index is 1350. The van der Waals surface area contributed by atoms with Crippen molar-refractivity contribution in [3.8, 4) is 0 Å². The molecule has 1 heterocycles. The molecule has 0 spiro atoms. The van der Waals surface area contributed by atoms with Gasteiger partial charge in [-0.1, -0.05) is 77.3 Å². The lowest BCUT2D eigenvalue weighted by Crippen LogP contribution is -2.45. The molecule has 1 atom stereocenters. The van der Waals surface area contributed by atoms with Gasteiger partial charge in [0.25, 0.3) is 5.91 Å². The summed E-state index contributed by atoms with van der Waals surface area (Å²) in [6.45, 7) is 0. The number of nitrogens with one attached hydrogen (secondary N) is 1. The zero-order valence-electron chi connectivity index (χ0n) is 17.9. The minimum absolute atomic E-state index is 0.170. The molecule has 0 saturated carbocycles. The zero-order valence-corrected chi connectivity index (χ0v) is 20.1. The summed E-state index contributed by atoms with van der Waals surface area (Å²) in [6, 6.07) is 32.0. The first-order chi connectivity index (χ1) is 16.5. The normalized spacial score (nSPS) is 17.6. The molecule has 1 aliphatic heterocycles. The SMILES string of the molecule is O=C1C(Nc2ccc(Cl)cc2)=CC(c2ccccc2)(c2ccc(Cl)cc2)N1c1ccc(Cl)cc1. The summed E-state index contributed by atoms with van der Waals surface area (Å²) in [5.74, 6) is -0.170. The lowest BCUT2D eigenvalue weighted by Gasteiger charge is -2.39. The zero-order chi connectivity index (χ0) is 23.7. The van der Waals surface area contributed by atoms with Crippen molar-refractivity contribution in [1.82, 2.24) is 0 Å². The Hall–Kier alpha value is -3.24. The van der Waals surface area contributed by atoms with E-state index in [0.29, 0.717) is 20.8 Å². The van der Waals surface area contributed by atoms with E-state index in [9.17, 15) is 4.79 Å². The van der Waals surface area contributed by atoms with Crippen LogP contribution in [0.2, 0.25) is 15.1 Å². The number of benzene rings is 4. The van der Waals surface area contributed by atoms with Gasteiger partial charge in [0.2, 0.25) is 0 Å². The fourth-order valence-electron chi connectivity index (χ4n) is 4.29. The van der Waals surface area contributed by atoms with Gasteiger partial charge in [-0.2, -0.15) is 0 Å². The molecule has 1 amide bonds. The fraction of sp³-hybridized carbons (Fsp3) is 0.0357. The summed E-state index contributed by atoms with van der Waals surface area (Å²) in [7, 11) is 0. The Labute approximate surface area is 213 Å². The molecule has 4 aromatic rings. The number of anilines is 2. The maximum atomic E-state index is 14.0. The van der Waals surface area contributed by atoms with Crippen LogP contribution >= 0.6 is 34.8 Å². The molecule has 0 fully saturated rings. The van der Waals surface area contributed by atoms with Crippen molar-refractivity contribution in [3.05, 3.63) is 141 Å². The van der Waals surface area contributed by atoms with Crippen LogP contribution in [0.5, 0.6) is 0 Å². The number of carbonyl (C=O) groups excluding carboxylic acids is 1. The van der Waals surface area contributed by atoms with Gasteiger partial charge in [-0.15, -0.1) is 0 Å². The molecule has 0 aliphatic carbocycles. The van der Waals surface area contributed by atoms with Crippen LogP contribution in [-0.2, 0) is 10.3 Å². The smallest absolute Gasteiger partial charge is 0.275 e. The quantitative estimate of drug-likeness (QED) is 0.299. The Morgan fingerprint density at radius 2 is 1.12 bits per heavy atom. The molecule has 0 aromatic heterocycles. The van der Waals surface area contributed by atoms with Gasteiger partial charge in [0.1, 0.15) is 11.2 Å². The molecule has 34 heavy (non-hydrogen) atoms. The molecular formula is C28H19Cl3N2O. The van der Waals surface area contributed by atoms with E-state index in [2.05, 4.69) is 5.32 Å². The number of hydrogen-bond donors (Lipinski definition) is 1. The molecule has 5 rings (SSSR count). The highest BCUT2D eigenvalue weighted by Gasteiger charge is 2.48. The molecule has 4 aromatic carbocycles. The van der Waals surface area contributed by atoms with Crippen LogP contribution in [0.4, 0.5) is 11.4 Å². The van der Waals surface area contributed by atoms with Crippen molar-refractivity contribution in [2.75, 3.05) is 10.2 Å². The lowest BCUT2D eigenvalue weighted by atomic mass is 9.82. The minimum Gasteiger partial charge on any atom is -0.351 e. The van der Waals surface area contributed by atoms with Gasteiger partial charge in [-0.3, -0.25) is 9.69 Å². The van der Waals surface area contributed by atoms with Crippen LogP contribution in [0.25, 0.3) is 0 Å². The van der Waals surface area contributed by atoms with E-state index in [4.69, 9.17) is 34.8 Å². The molecule has 1 N–H and O–H groups in total. The third-order valence-corrected chi connectivity index (χ3v) is 6.60. The monoisotopic (exact) mass is 504 g/mol. The van der Waals surface area contributed by atoms with Crippen LogP contribution < -0.4 is 10.2 Å². The lowest BCUT2D eigenvalue weighted by molar-refractivity contribution is -0.115. The van der Waals surface area contributed by atoms with Gasteiger partial charge >= 0.3 is 0 Å². The highest BCUT2D eigenvalue weighted by Crippen LogP contribution is 2.46. The summed E-state index contributed by atoms with van der Waals surface area (Å²) >= 11 is 18.4. The summed E-state index contributed by atoms with van der Waals surface area (Å²) in [5, 5.41) is 5.14. The second kappa shape index (κ2) is 9.19. The van der Waals surface area contributed by atoms with Crippen molar-refractivity contribution in [3.63, 3.8) is 0 Å². The Kier molecular flexibility index (Phi) is 6.09. The van der Waals surface area contributed by atoms with Crippen LogP contribution in [0.15, 0.2) is 115 Å². The molecule has 0 bridgehead atoms. The molecule has 1 unspecified atom stereocenters. The predicted octanol–water partition coefficient (Wildman–Crippen LogP) is 7.93. The molecule has 168 valence electrons. The number of carbonyl (C=O) groups is 1. The van der Waals surface area contributed by atoms with E-state index >= 15 is 0 Å². The van der Waals surface area contributed by atoms with Crippen molar-refractivity contribution in [1.29, 1.82) is 0 Å². The molecule has 6 heteroatoms. The molecule has 3 nitrogen and oxygen atoms in total. The first kappa shape index (κ1) is 22.5. The van der Waals surface area contributed by atoms with Crippen LogP contribution in [0, 0.1) is 0 Å². The van der Waals surface area contributed by atoms with Crippen molar-refractivity contribution < 1.29 is 4.79 Å². The number of amides is 1. The highest BCUT2D eigenvalue weighted by atomic mass is 35.5. The van der Waals surface area contributed by atoms with E-state index < -0.39 is 5.54 Å². The Balaban J connectivity index is 1.74. The standard InChI is InChI=1S/C28H19Cl3N2O/c29-21-8-6-20(7-9-21)28(19-4-2-1-3-5-19)18-26(32-24-14-10-22(30)11-15-24)27(34)33(28)25-16-12-23(31)13-17-25/h1-18,32H. The minimum atomic E-state index is -0.911. The maximum absolute atomic E-state index is 14.0. The number of nitrogens with zero attached hydrogens (tertiary/aromatic N) is 1. The van der Waals surface area contributed by atoms with Gasteiger partial charge in [0.05, 0.1) is 0 Å². The third-order valence-electron chi connectivity index (χ3n) is 5.85. The Morgan fingerprint density at radius 1 is 0.618 bits per heavy atom. The van der Waals surface area contributed by atoms with E-state index in [1.807, 2.05) is 84.9 Å². The summed E-state index contributed by atoms with van der Waals surface area (Å²) in [6.07, 6.45) is 1.97. The van der Waals surface area contributed by atoms with E-state index in [-0.39, 0.29) is 5.91 Å². The topological polar surface area (TPSA) is 32.3 Å². The van der Waals surface area contributed by atoms with Gasteiger partial charge < -0.3 is 5.32 Å². The average Bonchev–Trinajstić information content (AvgIpc) is 3.15. The summed E-state index contributed by atoms with van der Waals surface area (Å²) in [5.41, 5.74) is 2.87. The molecule has 1 aliphatic rings. The van der Waals surface area contributed by atoms with Gasteiger partial charge in [-0.25, -0.2) is 0 Å². The van der Waals surface area contributed by atoms with Crippen LogP contribution in [0.3, 0.4) is 0 Å². The highest BCUT2D eigenvalue weighted by molar-refractivity contribution is 6.31. The third kappa shape index (κ3) is 4.07.